The summed E-state index contributed by atoms with van der Waals surface area (Å²) >= 11 is 0. The molecule has 3 N–H and O–H groups in total. The molecular formula is C12H18F2N2O. The lowest BCUT2D eigenvalue weighted by molar-refractivity contribution is 0.153. The molecule has 1 rings (SSSR count). The number of alkyl halides is 2. The molecule has 0 radical (unpaired) electrons. The van der Waals surface area contributed by atoms with Crippen LogP contribution in [0.4, 0.5) is 14.5 Å². The van der Waals surface area contributed by atoms with Crippen LogP contribution in [0.1, 0.15) is 18.5 Å². The molecule has 0 unspecified atom stereocenters. The second-order valence-electron chi connectivity index (χ2n) is 3.94. The van der Waals surface area contributed by atoms with Crippen molar-refractivity contribution in [2.24, 2.45) is 5.73 Å². The van der Waals surface area contributed by atoms with Gasteiger partial charge in [-0.2, -0.15) is 0 Å². The Labute approximate surface area is 99.8 Å². The number of anilines is 1. The molecule has 1 aromatic rings. The number of hydrogen-bond donors (Lipinski definition) is 2. The zero-order valence-electron chi connectivity index (χ0n) is 9.81. The summed E-state index contributed by atoms with van der Waals surface area (Å²) in [4.78, 5) is 1.45. The molecule has 5 heteroatoms. The van der Waals surface area contributed by atoms with Crippen LogP contribution in [0.5, 0.6) is 0 Å². The molecule has 1 aromatic carbocycles. The summed E-state index contributed by atoms with van der Waals surface area (Å²) in [7, 11) is 0. The first-order valence-corrected chi connectivity index (χ1v) is 5.54. The Morgan fingerprint density at radius 2 is 1.88 bits per heavy atom. The number of halogens is 2. The molecule has 0 aromatic heterocycles. The first-order chi connectivity index (χ1) is 8.04. The molecule has 0 spiro atoms. The average molecular weight is 244 g/mol. The second kappa shape index (κ2) is 6.51. The van der Waals surface area contributed by atoms with Crippen LogP contribution in [0.3, 0.4) is 0 Å². The Morgan fingerprint density at radius 1 is 1.29 bits per heavy atom. The fraction of sp³-hybridized carbons (Fsp3) is 0.500. The summed E-state index contributed by atoms with van der Waals surface area (Å²) in [5.74, 6) is 0. The topological polar surface area (TPSA) is 49.5 Å². The molecule has 0 saturated heterocycles. The molecule has 0 fully saturated rings. The molecular weight excluding hydrogens is 226 g/mol. The van der Waals surface area contributed by atoms with Crippen molar-refractivity contribution in [2.75, 3.05) is 24.6 Å². The van der Waals surface area contributed by atoms with Gasteiger partial charge < -0.3 is 15.7 Å². The van der Waals surface area contributed by atoms with Gasteiger partial charge in [-0.1, -0.05) is 12.1 Å². The molecule has 0 aliphatic carbocycles. The molecule has 0 heterocycles. The minimum atomic E-state index is -2.42. The van der Waals surface area contributed by atoms with E-state index in [2.05, 4.69) is 0 Å². The van der Waals surface area contributed by atoms with Crippen molar-refractivity contribution >= 4 is 5.69 Å². The molecule has 17 heavy (non-hydrogen) atoms. The van der Waals surface area contributed by atoms with Crippen LogP contribution >= 0.6 is 0 Å². The summed E-state index contributed by atoms with van der Waals surface area (Å²) in [6.45, 7) is 1.53. The molecule has 0 bridgehead atoms. The van der Waals surface area contributed by atoms with Crippen molar-refractivity contribution in [3.63, 3.8) is 0 Å². The number of benzene rings is 1. The summed E-state index contributed by atoms with van der Waals surface area (Å²) in [6.07, 6.45) is -2.42. The van der Waals surface area contributed by atoms with E-state index >= 15 is 0 Å². The Kier molecular flexibility index (Phi) is 5.31. The van der Waals surface area contributed by atoms with Gasteiger partial charge in [0.1, 0.15) is 0 Å². The van der Waals surface area contributed by atoms with Gasteiger partial charge in [0.25, 0.3) is 6.43 Å². The van der Waals surface area contributed by atoms with E-state index in [1.165, 1.54) is 4.90 Å². The lowest BCUT2D eigenvalue weighted by Gasteiger charge is -2.23. The molecule has 0 saturated carbocycles. The SMILES string of the molecule is C[C@H](N)c1ccc(N(CCO)CC(F)F)cc1. The minimum absolute atomic E-state index is 0.0783. The highest BCUT2D eigenvalue weighted by Gasteiger charge is 2.12. The number of hydrogen-bond acceptors (Lipinski definition) is 3. The Bertz CT molecular complexity index is 328. The predicted octanol–water partition coefficient (Wildman–Crippen LogP) is 1.77. The van der Waals surface area contributed by atoms with Gasteiger partial charge in [0.2, 0.25) is 0 Å². The molecule has 1 atom stereocenters. The summed E-state index contributed by atoms with van der Waals surface area (Å²) in [5, 5.41) is 8.85. The van der Waals surface area contributed by atoms with Crippen molar-refractivity contribution in [3.05, 3.63) is 29.8 Å². The van der Waals surface area contributed by atoms with Crippen LogP contribution in [0.25, 0.3) is 0 Å². The molecule has 3 nitrogen and oxygen atoms in total. The van der Waals surface area contributed by atoms with E-state index in [9.17, 15) is 8.78 Å². The maximum Gasteiger partial charge on any atom is 0.255 e. The summed E-state index contributed by atoms with van der Waals surface area (Å²) in [6, 6.07) is 7.05. The lowest BCUT2D eigenvalue weighted by atomic mass is 10.1. The fourth-order valence-corrected chi connectivity index (χ4v) is 1.60. The third-order valence-corrected chi connectivity index (χ3v) is 2.51. The van der Waals surface area contributed by atoms with E-state index in [1.54, 1.807) is 12.1 Å². The molecule has 0 amide bonds. The lowest BCUT2D eigenvalue weighted by Crippen LogP contribution is -2.31. The van der Waals surface area contributed by atoms with Crippen molar-refractivity contribution in [1.82, 2.24) is 0 Å². The minimum Gasteiger partial charge on any atom is -0.395 e. The zero-order valence-corrected chi connectivity index (χ0v) is 9.81. The average Bonchev–Trinajstić information content (AvgIpc) is 2.28. The standard InChI is InChI=1S/C12H18F2N2O/c1-9(15)10-2-4-11(5-3-10)16(6-7-17)8-12(13)14/h2-5,9,12,17H,6-8,15H2,1H3/t9-/m0/s1. The number of nitrogens with zero attached hydrogens (tertiary/aromatic N) is 1. The van der Waals surface area contributed by atoms with Crippen molar-refractivity contribution < 1.29 is 13.9 Å². The number of aliphatic hydroxyl groups excluding tert-OH is 1. The van der Waals surface area contributed by atoms with E-state index in [1.807, 2.05) is 19.1 Å². The van der Waals surface area contributed by atoms with E-state index in [0.29, 0.717) is 5.69 Å². The highest BCUT2D eigenvalue weighted by Crippen LogP contribution is 2.18. The largest absolute Gasteiger partial charge is 0.395 e. The highest BCUT2D eigenvalue weighted by molar-refractivity contribution is 5.48. The van der Waals surface area contributed by atoms with Gasteiger partial charge in [-0.15, -0.1) is 0 Å². The van der Waals surface area contributed by atoms with Crippen LogP contribution in [0.2, 0.25) is 0 Å². The number of aliphatic hydroxyl groups is 1. The molecule has 0 aliphatic rings. The first-order valence-electron chi connectivity index (χ1n) is 5.54. The van der Waals surface area contributed by atoms with Crippen molar-refractivity contribution in [1.29, 1.82) is 0 Å². The van der Waals surface area contributed by atoms with E-state index < -0.39 is 6.43 Å². The van der Waals surface area contributed by atoms with Crippen molar-refractivity contribution in [2.45, 2.75) is 19.4 Å². The van der Waals surface area contributed by atoms with E-state index in [0.717, 1.165) is 5.56 Å². The van der Waals surface area contributed by atoms with Gasteiger partial charge in [0.15, 0.2) is 0 Å². The van der Waals surface area contributed by atoms with E-state index in [4.69, 9.17) is 10.8 Å². The monoisotopic (exact) mass is 244 g/mol. The Hall–Kier alpha value is -1.20. The third kappa shape index (κ3) is 4.28. The molecule has 0 aliphatic heterocycles. The smallest absolute Gasteiger partial charge is 0.255 e. The van der Waals surface area contributed by atoms with Crippen LogP contribution in [0, 0.1) is 0 Å². The fourth-order valence-electron chi connectivity index (χ4n) is 1.60. The van der Waals surface area contributed by atoms with Gasteiger partial charge in [-0.05, 0) is 24.6 Å². The Balaban J connectivity index is 2.79. The van der Waals surface area contributed by atoms with Crippen LogP contribution < -0.4 is 10.6 Å². The second-order valence-corrected chi connectivity index (χ2v) is 3.94. The number of rotatable bonds is 6. The molecule has 96 valence electrons. The summed E-state index contributed by atoms with van der Waals surface area (Å²) < 4.78 is 24.7. The predicted molar refractivity (Wildman–Crippen MR) is 64.3 cm³/mol. The van der Waals surface area contributed by atoms with Gasteiger partial charge in [-0.3, -0.25) is 0 Å². The number of nitrogens with two attached hydrogens (primary N) is 1. The summed E-state index contributed by atoms with van der Waals surface area (Å²) in [5.41, 5.74) is 7.33. The maximum atomic E-state index is 12.4. The van der Waals surface area contributed by atoms with Gasteiger partial charge in [-0.25, -0.2) is 8.78 Å². The van der Waals surface area contributed by atoms with Gasteiger partial charge >= 0.3 is 0 Å². The maximum absolute atomic E-state index is 12.4. The van der Waals surface area contributed by atoms with Crippen molar-refractivity contribution in [3.8, 4) is 0 Å². The third-order valence-electron chi connectivity index (χ3n) is 2.51. The van der Waals surface area contributed by atoms with E-state index in [-0.39, 0.29) is 25.7 Å². The van der Waals surface area contributed by atoms with Crippen LogP contribution in [-0.4, -0.2) is 31.2 Å². The quantitative estimate of drug-likeness (QED) is 0.801. The Morgan fingerprint density at radius 3 is 2.29 bits per heavy atom. The van der Waals surface area contributed by atoms with Gasteiger partial charge in [0.05, 0.1) is 13.2 Å². The highest BCUT2D eigenvalue weighted by atomic mass is 19.3. The first kappa shape index (κ1) is 13.9. The van der Waals surface area contributed by atoms with Crippen LogP contribution in [-0.2, 0) is 0 Å². The zero-order chi connectivity index (χ0) is 12.8. The van der Waals surface area contributed by atoms with Crippen LogP contribution in [0.15, 0.2) is 24.3 Å². The normalized spacial score (nSPS) is 12.8. The van der Waals surface area contributed by atoms with Gasteiger partial charge in [0, 0.05) is 18.3 Å².